The Morgan fingerprint density at radius 3 is 2.69 bits per heavy atom. The number of hydrogen-bond donors (Lipinski definition) is 2. The summed E-state index contributed by atoms with van der Waals surface area (Å²) in [6.45, 7) is 8.60. The summed E-state index contributed by atoms with van der Waals surface area (Å²) in [5.74, 6) is 1.61. The van der Waals surface area contributed by atoms with Crippen LogP contribution in [0.1, 0.15) is 32.2 Å². The predicted octanol–water partition coefficient (Wildman–Crippen LogP) is 3.41. The maximum atomic E-state index is 6.09. The molecule has 0 aliphatic rings. The van der Waals surface area contributed by atoms with Crippen LogP contribution in [0.5, 0.6) is 0 Å². The monoisotopic (exact) mass is 490 g/mol. The average molecular weight is 491 g/mol. The third-order valence-corrected chi connectivity index (χ3v) is 4.07. The van der Waals surface area contributed by atoms with Crippen molar-refractivity contribution in [1.82, 2.24) is 25.4 Å². The fourth-order valence-electron chi connectivity index (χ4n) is 2.54. The van der Waals surface area contributed by atoms with E-state index >= 15 is 0 Å². The van der Waals surface area contributed by atoms with E-state index in [0.29, 0.717) is 6.54 Å². The Hall–Kier alpha value is -1.35. The Bertz CT molecular complexity index is 713. The van der Waals surface area contributed by atoms with Crippen molar-refractivity contribution in [2.24, 2.45) is 17.5 Å². The molecule has 0 bridgehead atoms. The molecule has 0 radical (unpaired) electrons. The summed E-state index contributed by atoms with van der Waals surface area (Å²) < 4.78 is 1.73. The Kier molecular flexibility index (Phi) is 9.35. The summed E-state index contributed by atoms with van der Waals surface area (Å²) in [6.07, 6.45) is 2.47. The molecule has 2 N–H and O–H groups in total. The maximum absolute atomic E-state index is 6.09. The number of rotatable bonds is 7. The first-order chi connectivity index (χ1) is 11.9. The van der Waals surface area contributed by atoms with Crippen LogP contribution in [0.4, 0.5) is 0 Å². The number of nitrogens with zero attached hydrogens (tertiary/aromatic N) is 4. The van der Waals surface area contributed by atoms with E-state index in [9.17, 15) is 0 Å². The molecule has 0 spiro atoms. The molecule has 0 aliphatic carbocycles. The van der Waals surface area contributed by atoms with Crippen LogP contribution in [-0.4, -0.2) is 33.8 Å². The quantitative estimate of drug-likeness (QED) is 0.355. The van der Waals surface area contributed by atoms with Gasteiger partial charge in [0.2, 0.25) is 0 Å². The molecule has 1 aromatic heterocycles. The van der Waals surface area contributed by atoms with Gasteiger partial charge in [0.15, 0.2) is 5.96 Å². The maximum Gasteiger partial charge on any atom is 0.191 e. The SMILES string of the molecule is CCNC(=NCc1ncnn1C)NCC(C)(C)Cc1cccc(Cl)c1.I. The van der Waals surface area contributed by atoms with E-state index in [-0.39, 0.29) is 29.4 Å². The molecular formula is C18H28ClIN6. The van der Waals surface area contributed by atoms with Crippen LogP contribution in [0.15, 0.2) is 35.6 Å². The number of halogens is 2. The Morgan fingerprint density at radius 1 is 1.31 bits per heavy atom. The summed E-state index contributed by atoms with van der Waals surface area (Å²) in [7, 11) is 1.87. The van der Waals surface area contributed by atoms with Crippen LogP contribution in [0.3, 0.4) is 0 Å². The van der Waals surface area contributed by atoms with Gasteiger partial charge >= 0.3 is 0 Å². The van der Waals surface area contributed by atoms with E-state index in [4.69, 9.17) is 11.6 Å². The minimum Gasteiger partial charge on any atom is -0.357 e. The molecule has 0 saturated carbocycles. The van der Waals surface area contributed by atoms with Crippen molar-refractivity contribution in [3.8, 4) is 0 Å². The summed E-state index contributed by atoms with van der Waals surface area (Å²) in [4.78, 5) is 8.79. The predicted molar refractivity (Wildman–Crippen MR) is 118 cm³/mol. The first kappa shape index (κ1) is 22.7. The van der Waals surface area contributed by atoms with Gasteiger partial charge in [-0.25, -0.2) is 9.98 Å². The number of nitrogens with one attached hydrogen (secondary N) is 2. The molecule has 2 aromatic rings. The van der Waals surface area contributed by atoms with Gasteiger partial charge in [-0.2, -0.15) is 5.10 Å². The third-order valence-electron chi connectivity index (χ3n) is 3.83. The molecule has 6 nitrogen and oxygen atoms in total. The molecule has 1 heterocycles. The van der Waals surface area contributed by atoms with Gasteiger partial charge in [0.1, 0.15) is 18.7 Å². The number of aryl methyl sites for hydroxylation is 1. The van der Waals surface area contributed by atoms with E-state index in [1.165, 1.54) is 5.56 Å². The van der Waals surface area contributed by atoms with E-state index in [2.05, 4.69) is 52.5 Å². The van der Waals surface area contributed by atoms with E-state index < -0.39 is 0 Å². The second-order valence-corrected chi connectivity index (χ2v) is 7.26. The van der Waals surface area contributed by atoms with Crippen molar-refractivity contribution < 1.29 is 0 Å². The van der Waals surface area contributed by atoms with Crippen molar-refractivity contribution in [3.05, 3.63) is 47.0 Å². The fraction of sp³-hybridized carbons (Fsp3) is 0.500. The van der Waals surface area contributed by atoms with Gasteiger partial charge in [0.25, 0.3) is 0 Å². The van der Waals surface area contributed by atoms with Crippen molar-refractivity contribution in [2.45, 2.75) is 33.7 Å². The zero-order valence-electron chi connectivity index (χ0n) is 15.8. The van der Waals surface area contributed by atoms with Crippen LogP contribution in [0.2, 0.25) is 5.02 Å². The molecule has 0 unspecified atom stereocenters. The number of hydrogen-bond acceptors (Lipinski definition) is 3. The zero-order valence-corrected chi connectivity index (χ0v) is 18.9. The highest BCUT2D eigenvalue weighted by Crippen LogP contribution is 2.22. The minimum atomic E-state index is 0. The lowest BCUT2D eigenvalue weighted by Gasteiger charge is -2.26. The standard InChI is InChI=1S/C18H27ClN6.HI/c1-5-20-17(21-11-16-23-13-24-25(16)4)22-12-18(2,3)10-14-7-6-8-15(19)9-14;/h6-9,13H,5,10-12H2,1-4H3,(H2,20,21,22);1H. The topological polar surface area (TPSA) is 67.1 Å². The summed E-state index contributed by atoms with van der Waals surface area (Å²) in [6, 6.07) is 8.03. The van der Waals surface area contributed by atoms with Crippen molar-refractivity contribution in [2.75, 3.05) is 13.1 Å². The van der Waals surface area contributed by atoms with E-state index in [0.717, 1.165) is 36.3 Å². The third kappa shape index (κ3) is 7.49. The normalized spacial score (nSPS) is 11.8. The lowest BCUT2D eigenvalue weighted by molar-refractivity contribution is 0.359. The molecule has 0 atom stereocenters. The number of benzene rings is 1. The van der Waals surface area contributed by atoms with Crippen LogP contribution >= 0.6 is 35.6 Å². The molecule has 1 aromatic carbocycles. The highest BCUT2D eigenvalue weighted by molar-refractivity contribution is 14.0. The van der Waals surface area contributed by atoms with Gasteiger partial charge < -0.3 is 10.6 Å². The first-order valence-electron chi connectivity index (χ1n) is 8.49. The Morgan fingerprint density at radius 2 is 2.08 bits per heavy atom. The number of aliphatic imine (C=N–C) groups is 1. The molecular weight excluding hydrogens is 463 g/mol. The highest BCUT2D eigenvalue weighted by atomic mass is 127. The second-order valence-electron chi connectivity index (χ2n) is 6.82. The molecule has 2 rings (SSSR count). The molecule has 8 heteroatoms. The molecule has 0 saturated heterocycles. The molecule has 144 valence electrons. The lowest BCUT2D eigenvalue weighted by Crippen LogP contribution is -2.42. The van der Waals surface area contributed by atoms with Gasteiger partial charge in [-0.3, -0.25) is 4.68 Å². The number of aromatic nitrogens is 3. The van der Waals surface area contributed by atoms with Gasteiger partial charge in [-0.05, 0) is 36.5 Å². The largest absolute Gasteiger partial charge is 0.357 e. The van der Waals surface area contributed by atoms with Gasteiger partial charge in [-0.15, -0.1) is 24.0 Å². The summed E-state index contributed by atoms with van der Waals surface area (Å²) in [5, 5.41) is 11.5. The van der Waals surface area contributed by atoms with E-state index in [1.54, 1.807) is 11.0 Å². The first-order valence-corrected chi connectivity index (χ1v) is 8.87. The lowest BCUT2D eigenvalue weighted by atomic mass is 9.86. The van der Waals surface area contributed by atoms with Crippen LogP contribution in [0, 0.1) is 5.41 Å². The van der Waals surface area contributed by atoms with Crippen LogP contribution < -0.4 is 10.6 Å². The Balaban J connectivity index is 0.00000338. The van der Waals surface area contributed by atoms with Crippen molar-refractivity contribution in [3.63, 3.8) is 0 Å². The molecule has 0 fully saturated rings. The van der Waals surface area contributed by atoms with Crippen LogP contribution in [0.25, 0.3) is 0 Å². The second kappa shape index (κ2) is 10.7. The van der Waals surface area contributed by atoms with E-state index in [1.807, 2.05) is 25.2 Å². The van der Waals surface area contributed by atoms with Crippen molar-refractivity contribution in [1.29, 1.82) is 0 Å². The van der Waals surface area contributed by atoms with Crippen molar-refractivity contribution >= 4 is 41.5 Å². The smallest absolute Gasteiger partial charge is 0.191 e. The highest BCUT2D eigenvalue weighted by Gasteiger charge is 2.19. The van der Waals surface area contributed by atoms with Crippen LogP contribution in [-0.2, 0) is 20.0 Å². The molecule has 0 aliphatic heterocycles. The summed E-state index contributed by atoms with van der Waals surface area (Å²) in [5.41, 5.74) is 1.30. The minimum absolute atomic E-state index is 0. The molecule has 26 heavy (non-hydrogen) atoms. The summed E-state index contributed by atoms with van der Waals surface area (Å²) >= 11 is 6.09. The van der Waals surface area contributed by atoms with Gasteiger partial charge in [0.05, 0.1) is 0 Å². The number of guanidine groups is 1. The zero-order chi connectivity index (χ0) is 18.3. The Labute approximate surface area is 177 Å². The fourth-order valence-corrected chi connectivity index (χ4v) is 2.75. The average Bonchev–Trinajstić information content (AvgIpc) is 2.95. The van der Waals surface area contributed by atoms with Gasteiger partial charge in [0, 0.05) is 25.2 Å². The van der Waals surface area contributed by atoms with Gasteiger partial charge in [-0.1, -0.05) is 37.6 Å². The molecule has 0 amide bonds.